The van der Waals surface area contributed by atoms with Crippen molar-refractivity contribution in [2.45, 2.75) is 25.3 Å². The smallest absolute Gasteiger partial charge is 0.249 e. The fraction of sp³-hybridized carbons (Fsp3) is 0.750. The molecule has 2 heterocycles. The third kappa shape index (κ3) is 1.34. The summed E-state index contributed by atoms with van der Waals surface area (Å²) >= 11 is 6.94. The maximum Gasteiger partial charge on any atom is 0.249 e. The Bertz CT molecular complexity index is 267. The van der Waals surface area contributed by atoms with Gasteiger partial charge in [0.2, 0.25) is 5.91 Å². The molecular formula is C8H12N2OS2. The minimum absolute atomic E-state index is 0.00935. The topological polar surface area (TPSA) is 32.3 Å². The number of thiocarbonyl (C=S) groups is 1. The highest BCUT2D eigenvalue weighted by Crippen LogP contribution is 2.36. The molecule has 2 fully saturated rings. The summed E-state index contributed by atoms with van der Waals surface area (Å²) in [5.74, 6) is 1.47. The highest BCUT2D eigenvalue weighted by molar-refractivity contribution is 8.00. The average molecular weight is 216 g/mol. The van der Waals surface area contributed by atoms with E-state index in [0.717, 1.165) is 5.75 Å². The normalized spacial score (nSPS) is 32.7. The Kier molecular flexibility index (Phi) is 2.23. The Balaban J connectivity index is 2.22. The number of nitrogens with one attached hydrogen (secondary N) is 1. The van der Waals surface area contributed by atoms with Gasteiger partial charge in [0.25, 0.3) is 0 Å². The van der Waals surface area contributed by atoms with Gasteiger partial charge < -0.3 is 10.2 Å². The Morgan fingerprint density at radius 1 is 1.69 bits per heavy atom. The number of thioether (sulfide) groups is 1. The summed E-state index contributed by atoms with van der Waals surface area (Å²) in [5.41, 5.74) is 0. The van der Waals surface area contributed by atoms with Gasteiger partial charge in [0.1, 0.15) is 6.04 Å². The Morgan fingerprint density at radius 3 is 3.00 bits per heavy atom. The largest absolute Gasteiger partial charge is 0.324 e. The van der Waals surface area contributed by atoms with Gasteiger partial charge in [-0.1, -0.05) is 13.8 Å². The zero-order valence-corrected chi connectivity index (χ0v) is 9.24. The first kappa shape index (κ1) is 9.27. The third-order valence-electron chi connectivity index (χ3n) is 2.37. The lowest BCUT2D eigenvalue weighted by Crippen LogP contribution is -2.38. The molecule has 0 bridgehead atoms. The van der Waals surface area contributed by atoms with Gasteiger partial charge in [0.15, 0.2) is 5.11 Å². The monoisotopic (exact) mass is 216 g/mol. The Morgan fingerprint density at radius 2 is 2.38 bits per heavy atom. The summed E-state index contributed by atoms with van der Waals surface area (Å²) in [6.07, 6.45) is 0. The maximum absolute atomic E-state index is 11.4. The lowest BCUT2D eigenvalue weighted by molar-refractivity contribution is -0.120. The van der Waals surface area contributed by atoms with Crippen molar-refractivity contribution in [1.82, 2.24) is 10.2 Å². The zero-order chi connectivity index (χ0) is 9.59. The van der Waals surface area contributed by atoms with Crippen molar-refractivity contribution < 1.29 is 4.79 Å². The van der Waals surface area contributed by atoms with Crippen LogP contribution in [0.5, 0.6) is 0 Å². The fourth-order valence-electron chi connectivity index (χ4n) is 1.75. The molecule has 0 aliphatic carbocycles. The summed E-state index contributed by atoms with van der Waals surface area (Å²) in [4.78, 5) is 13.4. The van der Waals surface area contributed by atoms with Crippen LogP contribution < -0.4 is 5.32 Å². The van der Waals surface area contributed by atoms with Crippen LogP contribution in [0.25, 0.3) is 0 Å². The van der Waals surface area contributed by atoms with Crippen molar-refractivity contribution in [3.8, 4) is 0 Å². The summed E-state index contributed by atoms with van der Waals surface area (Å²) in [6.45, 7) is 4.32. The molecule has 2 saturated heterocycles. The number of rotatable bonds is 1. The van der Waals surface area contributed by atoms with Crippen LogP contribution in [0.2, 0.25) is 0 Å². The van der Waals surface area contributed by atoms with E-state index in [1.165, 1.54) is 0 Å². The molecule has 1 unspecified atom stereocenters. The van der Waals surface area contributed by atoms with E-state index in [-0.39, 0.29) is 11.9 Å². The van der Waals surface area contributed by atoms with Gasteiger partial charge in [-0.3, -0.25) is 4.79 Å². The number of hydrogen-bond acceptors (Lipinski definition) is 3. The highest BCUT2D eigenvalue weighted by Gasteiger charge is 2.46. The van der Waals surface area contributed by atoms with Crippen molar-refractivity contribution in [3.63, 3.8) is 0 Å². The molecule has 0 radical (unpaired) electrons. The van der Waals surface area contributed by atoms with Crippen molar-refractivity contribution in [3.05, 3.63) is 0 Å². The van der Waals surface area contributed by atoms with Gasteiger partial charge in [-0.15, -0.1) is 11.8 Å². The van der Waals surface area contributed by atoms with Crippen molar-refractivity contribution >= 4 is 35.0 Å². The molecule has 1 amide bonds. The van der Waals surface area contributed by atoms with Crippen LogP contribution in [0.1, 0.15) is 13.8 Å². The van der Waals surface area contributed by atoms with Crippen LogP contribution in [0.3, 0.4) is 0 Å². The molecule has 2 atom stereocenters. The molecule has 2 aliphatic rings. The molecule has 3 nitrogen and oxygen atoms in total. The first-order valence-electron chi connectivity index (χ1n) is 4.36. The van der Waals surface area contributed by atoms with E-state index in [1.807, 2.05) is 16.7 Å². The maximum atomic E-state index is 11.4. The van der Waals surface area contributed by atoms with Crippen LogP contribution in [0, 0.1) is 5.92 Å². The van der Waals surface area contributed by atoms with E-state index >= 15 is 0 Å². The fourth-order valence-corrected chi connectivity index (χ4v) is 3.65. The summed E-state index contributed by atoms with van der Waals surface area (Å²) in [5, 5.41) is 3.69. The SMILES string of the molecule is CC(C)C1SC[C@H]2C(=O)NC(=S)N12. The van der Waals surface area contributed by atoms with E-state index in [9.17, 15) is 4.79 Å². The predicted octanol–water partition coefficient (Wildman–Crippen LogP) is 0.801. The second kappa shape index (κ2) is 3.13. The Hall–Kier alpha value is -0.290. The Labute approximate surface area is 87.2 Å². The van der Waals surface area contributed by atoms with Crippen molar-refractivity contribution in [2.75, 3.05) is 5.75 Å². The van der Waals surface area contributed by atoms with Crippen LogP contribution in [-0.4, -0.2) is 33.1 Å². The highest BCUT2D eigenvalue weighted by atomic mass is 32.2. The summed E-state index contributed by atoms with van der Waals surface area (Å²) in [6, 6.07) is -0.00935. The second-order valence-electron chi connectivity index (χ2n) is 3.69. The molecule has 13 heavy (non-hydrogen) atoms. The molecule has 1 N–H and O–H groups in total. The minimum atomic E-state index is -0.00935. The lowest BCUT2D eigenvalue weighted by atomic mass is 10.2. The van der Waals surface area contributed by atoms with E-state index in [2.05, 4.69) is 19.2 Å². The molecule has 0 aromatic heterocycles. The molecule has 2 rings (SSSR count). The molecule has 0 saturated carbocycles. The molecular weight excluding hydrogens is 204 g/mol. The number of carbonyl (C=O) groups excluding carboxylic acids is 1. The van der Waals surface area contributed by atoms with Crippen LogP contribution in [0.4, 0.5) is 0 Å². The number of amides is 1. The molecule has 72 valence electrons. The molecule has 5 heteroatoms. The lowest BCUT2D eigenvalue weighted by Gasteiger charge is -2.25. The number of nitrogens with zero attached hydrogens (tertiary/aromatic N) is 1. The first-order valence-corrected chi connectivity index (χ1v) is 5.81. The van der Waals surface area contributed by atoms with Crippen LogP contribution >= 0.6 is 24.0 Å². The number of carbonyl (C=O) groups is 1. The predicted molar refractivity (Wildman–Crippen MR) is 57.5 cm³/mol. The number of hydrogen-bond donors (Lipinski definition) is 1. The van der Waals surface area contributed by atoms with Gasteiger partial charge in [-0.25, -0.2) is 0 Å². The standard InChI is InChI=1S/C8H12N2OS2/c1-4(2)7-10-5(3-13-7)6(11)9-8(10)12/h4-5,7H,3H2,1-2H3,(H,9,11,12)/t5-,7?/m0/s1. The van der Waals surface area contributed by atoms with E-state index in [4.69, 9.17) is 12.2 Å². The van der Waals surface area contributed by atoms with Crippen LogP contribution in [0.15, 0.2) is 0 Å². The minimum Gasteiger partial charge on any atom is -0.324 e. The molecule has 0 aromatic carbocycles. The van der Waals surface area contributed by atoms with Gasteiger partial charge in [0.05, 0.1) is 5.37 Å². The second-order valence-corrected chi connectivity index (χ2v) is 5.22. The van der Waals surface area contributed by atoms with Crippen LogP contribution in [-0.2, 0) is 4.79 Å². The van der Waals surface area contributed by atoms with Gasteiger partial charge in [-0.2, -0.15) is 0 Å². The molecule has 0 aromatic rings. The average Bonchev–Trinajstić information content (AvgIpc) is 2.55. The molecule has 2 aliphatic heterocycles. The van der Waals surface area contributed by atoms with E-state index in [1.54, 1.807) is 0 Å². The first-order chi connectivity index (χ1) is 6.11. The summed E-state index contributed by atoms with van der Waals surface area (Å²) < 4.78 is 0. The quantitative estimate of drug-likeness (QED) is 0.657. The summed E-state index contributed by atoms with van der Waals surface area (Å²) in [7, 11) is 0. The zero-order valence-electron chi connectivity index (χ0n) is 7.61. The van der Waals surface area contributed by atoms with Gasteiger partial charge >= 0.3 is 0 Å². The molecule has 0 spiro atoms. The van der Waals surface area contributed by atoms with Gasteiger partial charge in [0, 0.05) is 5.75 Å². The van der Waals surface area contributed by atoms with E-state index in [0.29, 0.717) is 16.4 Å². The third-order valence-corrected chi connectivity index (χ3v) is 4.31. The van der Waals surface area contributed by atoms with Gasteiger partial charge in [-0.05, 0) is 18.1 Å². The van der Waals surface area contributed by atoms with E-state index < -0.39 is 0 Å². The van der Waals surface area contributed by atoms with Crippen molar-refractivity contribution in [1.29, 1.82) is 0 Å². The van der Waals surface area contributed by atoms with Crippen molar-refractivity contribution in [2.24, 2.45) is 5.92 Å². The number of fused-ring (bicyclic) bond motifs is 1.